The topological polar surface area (TPSA) is 26.0 Å². The van der Waals surface area contributed by atoms with Crippen LogP contribution in [0.3, 0.4) is 0 Å². The van der Waals surface area contributed by atoms with Crippen molar-refractivity contribution in [2.24, 2.45) is 11.7 Å². The van der Waals surface area contributed by atoms with Crippen LogP contribution < -0.4 is 5.73 Å². The zero-order valence-corrected chi connectivity index (χ0v) is 10.2. The van der Waals surface area contributed by atoms with E-state index in [2.05, 4.69) is 45.0 Å². The van der Waals surface area contributed by atoms with E-state index < -0.39 is 0 Å². The zero-order valence-electron chi connectivity index (χ0n) is 10.2. The van der Waals surface area contributed by atoms with Crippen LogP contribution in [0.2, 0.25) is 0 Å². The highest BCUT2D eigenvalue weighted by molar-refractivity contribution is 5.26. The number of benzene rings is 1. The van der Waals surface area contributed by atoms with Crippen LogP contribution in [0.25, 0.3) is 0 Å². The molecule has 0 bridgehead atoms. The highest BCUT2D eigenvalue weighted by atomic mass is 14.6. The number of aryl methyl sites for hydroxylation is 1. The van der Waals surface area contributed by atoms with Crippen molar-refractivity contribution < 1.29 is 0 Å². The van der Waals surface area contributed by atoms with Gasteiger partial charge < -0.3 is 5.73 Å². The molecule has 0 aliphatic rings. The molecule has 0 saturated heterocycles. The van der Waals surface area contributed by atoms with Gasteiger partial charge in [0.2, 0.25) is 0 Å². The molecule has 1 nitrogen and oxygen atoms in total. The molecule has 0 amide bonds. The predicted octanol–water partition coefficient (Wildman–Crippen LogP) is 3.30. The van der Waals surface area contributed by atoms with Crippen molar-refractivity contribution in [3.8, 4) is 0 Å². The fourth-order valence-corrected chi connectivity index (χ4v) is 1.96. The Morgan fingerprint density at radius 1 is 1.27 bits per heavy atom. The third-order valence-corrected chi connectivity index (χ3v) is 3.19. The molecule has 0 spiro atoms. The van der Waals surface area contributed by atoms with Gasteiger partial charge in [0.15, 0.2) is 0 Å². The Bertz CT molecular complexity index is 293. The molecule has 0 fully saturated rings. The highest BCUT2D eigenvalue weighted by Gasteiger charge is 2.12. The molecule has 1 heteroatoms. The Kier molecular flexibility index (Phi) is 4.83. The summed E-state index contributed by atoms with van der Waals surface area (Å²) in [4.78, 5) is 0. The summed E-state index contributed by atoms with van der Waals surface area (Å²) in [7, 11) is 0. The van der Waals surface area contributed by atoms with Crippen molar-refractivity contribution in [2.45, 2.75) is 46.1 Å². The minimum absolute atomic E-state index is 0.297. The standard InChI is InChI=1S/C14H23N/c1-4-7-12(3)14(15)10-13-9-6-5-8-11(13)2/h5-6,8-9,12,14H,4,7,10,15H2,1-3H3. The van der Waals surface area contributed by atoms with Crippen LogP contribution in [-0.2, 0) is 6.42 Å². The molecule has 0 saturated carbocycles. The molecule has 0 aliphatic heterocycles. The molecule has 2 unspecified atom stereocenters. The predicted molar refractivity (Wildman–Crippen MR) is 66.9 cm³/mol. The van der Waals surface area contributed by atoms with Crippen LogP contribution in [-0.4, -0.2) is 6.04 Å². The fourth-order valence-electron chi connectivity index (χ4n) is 1.96. The zero-order chi connectivity index (χ0) is 11.3. The summed E-state index contributed by atoms with van der Waals surface area (Å²) in [6.45, 7) is 6.63. The third kappa shape index (κ3) is 3.67. The largest absolute Gasteiger partial charge is 0.327 e. The Balaban J connectivity index is 2.58. The fraction of sp³-hybridized carbons (Fsp3) is 0.571. The highest BCUT2D eigenvalue weighted by Crippen LogP contribution is 2.15. The maximum absolute atomic E-state index is 6.20. The van der Waals surface area contributed by atoms with Crippen molar-refractivity contribution >= 4 is 0 Å². The van der Waals surface area contributed by atoms with Gasteiger partial charge in [-0.05, 0) is 36.8 Å². The first-order chi connectivity index (χ1) is 7.15. The minimum Gasteiger partial charge on any atom is -0.327 e. The van der Waals surface area contributed by atoms with Crippen molar-refractivity contribution in [1.82, 2.24) is 0 Å². The summed E-state index contributed by atoms with van der Waals surface area (Å²) >= 11 is 0. The quantitative estimate of drug-likeness (QED) is 0.784. The second kappa shape index (κ2) is 5.92. The van der Waals surface area contributed by atoms with Crippen molar-refractivity contribution in [3.63, 3.8) is 0 Å². The van der Waals surface area contributed by atoms with Gasteiger partial charge in [-0.1, -0.05) is 44.5 Å². The maximum Gasteiger partial charge on any atom is 0.0105 e. The molecule has 1 aromatic carbocycles. The first kappa shape index (κ1) is 12.3. The SMILES string of the molecule is CCCC(C)C(N)Cc1ccccc1C. The van der Waals surface area contributed by atoms with Gasteiger partial charge in [-0.2, -0.15) is 0 Å². The summed E-state index contributed by atoms with van der Waals surface area (Å²) in [5, 5.41) is 0. The number of rotatable bonds is 5. The number of nitrogens with two attached hydrogens (primary N) is 1. The molecule has 0 heterocycles. The first-order valence-corrected chi connectivity index (χ1v) is 5.95. The van der Waals surface area contributed by atoms with Gasteiger partial charge in [0.05, 0.1) is 0 Å². The lowest BCUT2D eigenvalue weighted by molar-refractivity contribution is 0.419. The minimum atomic E-state index is 0.297. The van der Waals surface area contributed by atoms with Crippen LogP contribution in [0.15, 0.2) is 24.3 Å². The molecule has 2 atom stereocenters. The molecular formula is C14H23N. The van der Waals surface area contributed by atoms with Crippen LogP contribution in [0.5, 0.6) is 0 Å². The van der Waals surface area contributed by atoms with Crippen LogP contribution in [0.4, 0.5) is 0 Å². The lowest BCUT2D eigenvalue weighted by Crippen LogP contribution is -2.30. The van der Waals surface area contributed by atoms with Gasteiger partial charge in [0.25, 0.3) is 0 Å². The maximum atomic E-state index is 6.20. The molecule has 84 valence electrons. The molecule has 1 rings (SSSR count). The molecule has 0 aliphatic carbocycles. The van der Waals surface area contributed by atoms with Crippen molar-refractivity contribution in [2.75, 3.05) is 0 Å². The molecule has 0 radical (unpaired) electrons. The van der Waals surface area contributed by atoms with Crippen molar-refractivity contribution in [3.05, 3.63) is 35.4 Å². The summed E-state index contributed by atoms with van der Waals surface area (Å²) in [5.41, 5.74) is 8.96. The van der Waals surface area contributed by atoms with E-state index in [1.54, 1.807) is 0 Å². The molecular weight excluding hydrogens is 182 g/mol. The van der Waals surface area contributed by atoms with Crippen LogP contribution >= 0.6 is 0 Å². The van der Waals surface area contributed by atoms with Crippen LogP contribution in [0, 0.1) is 12.8 Å². The Hall–Kier alpha value is -0.820. The summed E-state index contributed by atoms with van der Waals surface area (Å²) in [6.07, 6.45) is 3.46. The van der Waals surface area contributed by atoms with E-state index in [1.807, 2.05) is 0 Å². The smallest absolute Gasteiger partial charge is 0.0105 e. The van der Waals surface area contributed by atoms with E-state index in [0.717, 1.165) is 6.42 Å². The molecule has 0 aromatic heterocycles. The summed E-state index contributed by atoms with van der Waals surface area (Å²) in [5.74, 6) is 0.620. The van der Waals surface area contributed by atoms with E-state index in [-0.39, 0.29) is 0 Å². The van der Waals surface area contributed by atoms with Gasteiger partial charge in [0, 0.05) is 6.04 Å². The van der Waals surface area contributed by atoms with Gasteiger partial charge in [-0.3, -0.25) is 0 Å². The van der Waals surface area contributed by atoms with Crippen LogP contribution in [0.1, 0.15) is 37.8 Å². The van der Waals surface area contributed by atoms with E-state index in [9.17, 15) is 0 Å². The van der Waals surface area contributed by atoms with Crippen molar-refractivity contribution in [1.29, 1.82) is 0 Å². The average Bonchev–Trinajstić information content (AvgIpc) is 2.21. The molecule has 1 aromatic rings. The molecule has 15 heavy (non-hydrogen) atoms. The number of hydrogen-bond acceptors (Lipinski definition) is 1. The first-order valence-electron chi connectivity index (χ1n) is 5.95. The Morgan fingerprint density at radius 2 is 1.93 bits per heavy atom. The Morgan fingerprint density at radius 3 is 2.53 bits per heavy atom. The normalized spacial score (nSPS) is 14.9. The number of hydrogen-bond donors (Lipinski definition) is 1. The van der Waals surface area contributed by atoms with Gasteiger partial charge in [0.1, 0.15) is 0 Å². The second-order valence-corrected chi connectivity index (χ2v) is 4.56. The monoisotopic (exact) mass is 205 g/mol. The van der Waals surface area contributed by atoms with E-state index in [4.69, 9.17) is 5.73 Å². The molecule has 2 N–H and O–H groups in total. The van der Waals surface area contributed by atoms with E-state index >= 15 is 0 Å². The third-order valence-electron chi connectivity index (χ3n) is 3.19. The lowest BCUT2D eigenvalue weighted by atomic mass is 9.91. The Labute approximate surface area is 93.7 Å². The van der Waals surface area contributed by atoms with E-state index in [1.165, 1.54) is 24.0 Å². The second-order valence-electron chi connectivity index (χ2n) is 4.56. The lowest BCUT2D eigenvalue weighted by Gasteiger charge is -2.20. The summed E-state index contributed by atoms with van der Waals surface area (Å²) in [6, 6.07) is 8.82. The summed E-state index contributed by atoms with van der Waals surface area (Å²) < 4.78 is 0. The van der Waals surface area contributed by atoms with Gasteiger partial charge >= 0.3 is 0 Å². The van der Waals surface area contributed by atoms with E-state index in [0.29, 0.717) is 12.0 Å². The van der Waals surface area contributed by atoms with Gasteiger partial charge in [-0.25, -0.2) is 0 Å². The average molecular weight is 205 g/mol. The van der Waals surface area contributed by atoms with Gasteiger partial charge in [-0.15, -0.1) is 0 Å².